The Morgan fingerprint density at radius 1 is 0.933 bits per heavy atom. The molecule has 2 aromatic heterocycles. The predicted octanol–water partition coefficient (Wildman–Crippen LogP) is 5.09. The molecule has 0 N–H and O–H groups in total. The maximum atomic E-state index is 10.9. The van der Waals surface area contributed by atoms with Crippen LogP contribution in [0.1, 0.15) is 18.1 Å². The molecule has 150 valence electrons. The molecule has 0 bridgehead atoms. The summed E-state index contributed by atoms with van der Waals surface area (Å²) in [6.45, 7) is 2.13. The number of thioether (sulfide) groups is 1. The molecule has 0 saturated heterocycles. The third kappa shape index (κ3) is 4.23. The third-order valence-corrected chi connectivity index (χ3v) is 5.69. The van der Waals surface area contributed by atoms with Crippen LogP contribution in [0.2, 0.25) is 0 Å². The number of hydrogen-bond donors (Lipinski definition) is 0. The molecule has 2 heterocycles. The van der Waals surface area contributed by atoms with Gasteiger partial charge in [-0.2, -0.15) is 0 Å². The summed E-state index contributed by atoms with van der Waals surface area (Å²) in [7, 11) is 0. The van der Waals surface area contributed by atoms with E-state index in [2.05, 4.69) is 46.4 Å². The van der Waals surface area contributed by atoms with E-state index in [4.69, 9.17) is 0 Å². The first-order valence-corrected chi connectivity index (χ1v) is 10.5. The molecule has 30 heavy (non-hydrogen) atoms. The number of aryl methyl sites for hydroxylation is 1. The number of hydrogen-bond acceptors (Lipinski definition) is 6. The Morgan fingerprint density at radius 2 is 1.60 bits per heavy atom. The van der Waals surface area contributed by atoms with E-state index < -0.39 is 4.92 Å². The molecule has 0 radical (unpaired) electrons. The van der Waals surface area contributed by atoms with E-state index in [0.717, 1.165) is 34.2 Å². The molecule has 8 heteroatoms. The second-order valence-corrected chi connectivity index (χ2v) is 7.55. The van der Waals surface area contributed by atoms with Gasteiger partial charge in [0.15, 0.2) is 11.0 Å². The van der Waals surface area contributed by atoms with Gasteiger partial charge >= 0.3 is 0 Å². The van der Waals surface area contributed by atoms with Gasteiger partial charge in [0.1, 0.15) is 0 Å². The Balaban J connectivity index is 1.66. The summed E-state index contributed by atoms with van der Waals surface area (Å²) in [5.74, 6) is 1.37. The second kappa shape index (κ2) is 8.87. The van der Waals surface area contributed by atoms with Crippen molar-refractivity contribution in [2.45, 2.75) is 24.3 Å². The van der Waals surface area contributed by atoms with Crippen molar-refractivity contribution in [2.75, 3.05) is 0 Å². The quantitative estimate of drug-likeness (QED) is 0.236. The summed E-state index contributed by atoms with van der Waals surface area (Å²) in [4.78, 5) is 14.5. The molecule has 2 aromatic carbocycles. The van der Waals surface area contributed by atoms with E-state index in [1.807, 2.05) is 16.7 Å². The van der Waals surface area contributed by atoms with Gasteiger partial charge in [0.05, 0.1) is 4.92 Å². The van der Waals surface area contributed by atoms with Crippen molar-refractivity contribution >= 4 is 17.4 Å². The van der Waals surface area contributed by atoms with Gasteiger partial charge in [-0.3, -0.25) is 19.7 Å². The third-order valence-electron chi connectivity index (χ3n) is 4.69. The molecule has 0 aliphatic carbocycles. The van der Waals surface area contributed by atoms with Gasteiger partial charge in [0, 0.05) is 41.5 Å². The molecule has 0 saturated carbocycles. The van der Waals surface area contributed by atoms with E-state index in [0.29, 0.717) is 5.75 Å². The van der Waals surface area contributed by atoms with E-state index in [1.165, 1.54) is 29.5 Å². The first-order chi connectivity index (χ1) is 14.7. The maximum Gasteiger partial charge on any atom is 0.269 e. The van der Waals surface area contributed by atoms with Crippen molar-refractivity contribution in [3.63, 3.8) is 0 Å². The van der Waals surface area contributed by atoms with E-state index in [9.17, 15) is 10.1 Å². The van der Waals surface area contributed by atoms with Crippen molar-refractivity contribution in [3.05, 3.63) is 94.3 Å². The van der Waals surface area contributed by atoms with E-state index in [1.54, 1.807) is 24.5 Å². The topological polar surface area (TPSA) is 86.7 Å². The van der Waals surface area contributed by atoms with Gasteiger partial charge in [0.2, 0.25) is 0 Å². The van der Waals surface area contributed by atoms with Crippen LogP contribution in [0.15, 0.2) is 78.2 Å². The number of non-ortho nitro benzene ring substituents is 1. The smallest absolute Gasteiger partial charge is 0.269 e. The number of nitro benzene ring substituents is 1. The summed E-state index contributed by atoms with van der Waals surface area (Å²) in [5, 5.41) is 20.5. The molecule has 7 nitrogen and oxygen atoms in total. The van der Waals surface area contributed by atoms with Gasteiger partial charge in [-0.05, 0) is 41.8 Å². The van der Waals surface area contributed by atoms with Crippen molar-refractivity contribution in [3.8, 4) is 17.1 Å². The zero-order chi connectivity index (χ0) is 20.9. The fourth-order valence-electron chi connectivity index (χ4n) is 3.03. The highest BCUT2D eigenvalue weighted by atomic mass is 32.2. The first-order valence-electron chi connectivity index (χ1n) is 9.47. The average Bonchev–Trinajstić information content (AvgIpc) is 3.22. The van der Waals surface area contributed by atoms with Gasteiger partial charge in [0.25, 0.3) is 5.69 Å². The molecular formula is C22H19N5O2S. The summed E-state index contributed by atoms with van der Waals surface area (Å²) in [6.07, 6.45) is 4.44. The van der Waals surface area contributed by atoms with Crippen LogP contribution in [0, 0.1) is 10.1 Å². The summed E-state index contributed by atoms with van der Waals surface area (Å²) >= 11 is 1.54. The van der Waals surface area contributed by atoms with Gasteiger partial charge < -0.3 is 0 Å². The lowest BCUT2D eigenvalue weighted by atomic mass is 10.1. The number of benzene rings is 2. The van der Waals surface area contributed by atoms with Crippen LogP contribution >= 0.6 is 11.8 Å². The standard InChI is InChI=1S/C22H19N5O2S/c1-2-16-3-7-19(8-4-16)26-21(18-11-13-23-14-12-18)24-25-22(26)30-15-17-5-9-20(10-6-17)27(28)29/h3-14H,2,15H2,1H3. The zero-order valence-corrected chi connectivity index (χ0v) is 17.1. The highest BCUT2D eigenvalue weighted by Crippen LogP contribution is 2.30. The lowest BCUT2D eigenvalue weighted by Gasteiger charge is -2.11. The summed E-state index contributed by atoms with van der Waals surface area (Å²) in [6, 6.07) is 18.8. The van der Waals surface area contributed by atoms with E-state index >= 15 is 0 Å². The minimum atomic E-state index is -0.394. The maximum absolute atomic E-state index is 10.9. The Hall–Kier alpha value is -3.52. The van der Waals surface area contributed by atoms with Gasteiger partial charge in [-0.15, -0.1) is 10.2 Å². The molecule has 0 amide bonds. The van der Waals surface area contributed by atoms with Gasteiger partial charge in [-0.1, -0.05) is 43.0 Å². The Bertz CT molecular complexity index is 1140. The number of nitrogens with zero attached hydrogens (tertiary/aromatic N) is 5. The molecule has 0 aliphatic rings. The SMILES string of the molecule is CCc1ccc(-n2c(SCc3ccc([N+](=O)[O-])cc3)nnc2-c2ccncc2)cc1. The fraction of sp³-hybridized carbons (Fsp3) is 0.136. The monoisotopic (exact) mass is 417 g/mol. The number of rotatable bonds is 7. The molecule has 0 spiro atoms. The van der Waals surface area contributed by atoms with E-state index in [-0.39, 0.29) is 5.69 Å². The number of aromatic nitrogens is 4. The number of nitro groups is 1. The Kier molecular flexibility index (Phi) is 5.85. The summed E-state index contributed by atoms with van der Waals surface area (Å²) in [5.41, 5.74) is 4.24. The largest absolute Gasteiger partial charge is 0.270 e. The van der Waals surface area contributed by atoms with Crippen molar-refractivity contribution < 1.29 is 4.92 Å². The Labute approximate surface area is 178 Å². The minimum absolute atomic E-state index is 0.0860. The summed E-state index contributed by atoms with van der Waals surface area (Å²) < 4.78 is 2.03. The normalized spacial score (nSPS) is 10.8. The number of pyridine rings is 1. The van der Waals surface area contributed by atoms with Crippen LogP contribution in [0.25, 0.3) is 17.1 Å². The van der Waals surface area contributed by atoms with Crippen LogP contribution < -0.4 is 0 Å². The highest BCUT2D eigenvalue weighted by molar-refractivity contribution is 7.98. The van der Waals surface area contributed by atoms with Crippen molar-refractivity contribution in [2.24, 2.45) is 0 Å². The molecule has 4 aromatic rings. The van der Waals surface area contributed by atoms with Crippen molar-refractivity contribution in [1.29, 1.82) is 0 Å². The van der Waals surface area contributed by atoms with Gasteiger partial charge in [-0.25, -0.2) is 0 Å². The van der Waals surface area contributed by atoms with Crippen molar-refractivity contribution in [1.82, 2.24) is 19.7 Å². The van der Waals surface area contributed by atoms with Crippen LogP contribution in [0.3, 0.4) is 0 Å². The fourth-order valence-corrected chi connectivity index (χ4v) is 3.93. The highest BCUT2D eigenvalue weighted by Gasteiger charge is 2.16. The second-order valence-electron chi connectivity index (χ2n) is 6.61. The van der Waals surface area contributed by atoms with Crippen LogP contribution in [0.5, 0.6) is 0 Å². The van der Waals surface area contributed by atoms with Crippen LogP contribution in [-0.4, -0.2) is 24.7 Å². The molecule has 0 unspecified atom stereocenters. The lowest BCUT2D eigenvalue weighted by Crippen LogP contribution is -2.00. The molecular weight excluding hydrogens is 398 g/mol. The first kappa shape index (κ1) is 19.8. The molecule has 0 atom stereocenters. The minimum Gasteiger partial charge on any atom is -0.270 e. The average molecular weight is 417 g/mol. The molecule has 0 aliphatic heterocycles. The van der Waals surface area contributed by atoms with Crippen LogP contribution in [0.4, 0.5) is 5.69 Å². The Morgan fingerprint density at radius 3 is 2.23 bits per heavy atom. The predicted molar refractivity (Wildman–Crippen MR) is 117 cm³/mol. The zero-order valence-electron chi connectivity index (χ0n) is 16.3. The lowest BCUT2D eigenvalue weighted by molar-refractivity contribution is -0.384. The molecule has 0 fully saturated rings. The molecule has 4 rings (SSSR count). The van der Waals surface area contributed by atoms with Crippen LogP contribution in [-0.2, 0) is 12.2 Å².